The quantitative estimate of drug-likeness (QED) is 0.755. The van der Waals surface area contributed by atoms with Crippen molar-refractivity contribution in [2.24, 2.45) is 0 Å². The van der Waals surface area contributed by atoms with Crippen molar-refractivity contribution in [2.75, 3.05) is 6.61 Å². The molecule has 4 heteroatoms. The van der Waals surface area contributed by atoms with Gasteiger partial charge in [0.2, 0.25) is 0 Å². The molecule has 2 N–H and O–H groups in total. The van der Waals surface area contributed by atoms with Gasteiger partial charge in [0.15, 0.2) is 5.60 Å². The van der Waals surface area contributed by atoms with Crippen molar-refractivity contribution in [1.82, 2.24) is 0 Å². The smallest absolute Gasteiger partial charge is 0.338 e. The Morgan fingerprint density at radius 2 is 2.19 bits per heavy atom. The maximum atomic E-state index is 11.4. The van der Waals surface area contributed by atoms with E-state index in [1.807, 2.05) is 0 Å². The van der Waals surface area contributed by atoms with Gasteiger partial charge in [-0.3, -0.25) is 0 Å². The molecule has 1 unspecified atom stereocenters. The standard InChI is InChI=1S/C12H16O4/c1-3-16-11(14)12(2,15)8-9-5-4-6-10(13)7-9/h4-7,13,15H,3,8H2,1-2H3. The second kappa shape index (κ2) is 4.99. The summed E-state index contributed by atoms with van der Waals surface area (Å²) >= 11 is 0. The van der Waals surface area contributed by atoms with E-state index >= 15 is 0 Å². The Bertz CT molecular complexity index is 371. The van der Waals surface area contributed by atoms with Gasteiger partial charge >= 0.3 is 5.97 Å². The number of carbonyl (C=O) groups is 1. The van der Waals surface area contributed by atoms with E-state index < -0.39 is 11.6 Å². The van der Waals surface area contributed by atoms with Crippen molar-refractivity contribution in [1.29, 1.82) is 0 Å². The first-order valence-corrected chi connectivity index (χ1v) is 5.13. The van der Waals surface area contributed by atoms with Crippen LogP contribution >= 0.6 is 0 Å². The fourth-order valence-electron chi connectivity index (χ4n) is 1.42. The Morgan fingerprint density at radius 1 is 1.50 bits per heavy atom. The van der Waals surface area contributed by atoms with Gasteiger partial charge in [-0.2, -0.15) is 0 Å². The van der Waals surface area contributed by atoms with E-state index in [0.29, 0.717) is 5.56 Å². The van der Waals surface area contributed by atoms with E-state index in [0.717, 1.165) is 0 Å². The van der Waals surface area contributed by atoms with Crippen LogP contribution in [0.4, 0.5) is 0 Å². The van der Waals surface area contributed by atoms with E-state index in [1.54, 1.807) is 19.1 Å². The maximum Gasteiger partial charge on any atom is 0.338 e. The van der Waals surface area contributed by atoms with E-state index in [4.69, 9.17) is 4.74 Å². The molecule has 16 heavy (non-hydrogen) atoms. The Balaban J connectivity index is 2.75. The van der Waals surface area contributed by atoms with Crippen LogP contribution in [-0.2, 0) is 16.0 Å². The molecule has 0 saturated heterocycles. The van der Waals surface area contributed by atoms with Crippen LogP contribution in [0.25, 0.3) is 0 Å². The number of carbonyl (C=O) groups excluding carboxylic acids is 1. The molecule has 4 nitrogen and oxygen atoms in total. The second-order valence-corrected chi connectivity index (χ2v) is 3.84. The van der Waals surface area contributed by atoms with Gasteiger partial charge < -0.3 is 14.9 Å². The molecular weight excluding hydrogens is 208 g/mol. The molecule has 0 aromatic heterocycles. The number of hydrogen-bond donors (Lipinski definition) is 2. The lowest BCUT2D eigenvalue weighted by Gasteiger charge is -2.20. The molecule has 0 aliphatic heterocycles. The minimum atomic E-state index is -1.57. The minimum Gasteiger partial charge on any atom is -0.508 e. The van der Waals surface area contributed by atoms with Crippen molar-refractivity contribution in [2.45, 2.75) is 25.9 Å². The Hall–Kier alpha value is -1.55. The van der Waals surface area contributed by atoms with Gasteiger partial charge in [-0.05, 0) is 31.5 Å². The van der Waals surface area contributed by atoms with Gasteiger partial charge in [-0.15, -0.1) is 0 Å². The van der Waals surface area contributed by atoms with Crippen molar-refractivity contribution < 1.29 is 19.7 Å². The van der Waals surface area contributed by atoms with Gasteiger partial charge in [0, 0.05) is 6.42 Å². The molecule has 88 valence electrons. The number of aliphatic hydroxyl groups is 1. The zero-order valence-electron chi connectivity index (χ0n) is 9.43. The summed E-state index contributed by atoms with van der Waals surface area (Å²) < 4.78 is 4.76. The summed E-state index contributed by atoms with van der Waals surface area (Å²) in [4.78, 5) is 11.4. The Morgan fingerprint density at radius 3 is 2.75 bits per heavy atom. The van der Waals surface area contributed by atoms with Crippen molar-refractivity contribution in [3.8, 4) is 5.75 Å². The highest BCUT2D eigenvalue weighted by Gasteiger charge is 2.32. The molecule has 0 amide bonds. The van der Waals surface area contributed by atoms with Gasteiger partial charge in [0.25, 0.3) is 0 Å². The number of benzene rings is 1. The van der Waals surface area contributed by atoms with Crippen LogP contribution in [0.5, 0.6) is 5.75 Å². The lowest BCUT2D eigenvalue weighted by Crippen LogP contribution is -2.39. The molecule has 1 rings (SSSR count). The van der Waals surface area contributed by atoms with Crippen LogP contribution in [-0.4, -0.2) is 28.4 Å². The van der Waals surface area contributed by atoms with E-state index in [1.165, 1.54) is 19.1 Å². The molecule has 0 fully saturated rings. The lowest BCUT2D eigenvalue weighted by molar-refractivity contribution is -0.163. The molecule has 0 aliphatic rings. The van der Waals surface area contributed by atoms with Crippen LogP contribution < -0.4 is 0 Å². The highest BCUT2D eigenvalue weighted by molar-refractivity contribution is 5.79. The third kappa shape index (κ3) is 3.24. The SMILES string of the molecule is CCOC(=O)C(C)(O)Cc1cccc(O)c1. The zero-order chi connectivity index (χ0) is 12.2. The van der Waals surface area contributed by atoms with Crippen LogP contribution in [0.1, 0.15) is 19.4 Å². The van der Waals surface area contributed by atoms with Gasteiger partial charge in [-0.1, -0.05) is 12.1 Å². The average molecular weight is 224 g/mol. The normalized spacial score (nSPS) is 14.2. The van der Waals surface area contributed by atoms with E-state index in [2.05, 4.69) is 0 Å². The summed E-state index contributed by atoms with van der Waals surface area (Å²) in [7, 11) is 0. The Labute approximate surface area is 94.5 Å². The molecule has 1 aromatic rings. The number of esters is 1. The van der Waals surface area contributed by atoms with Crippen molar-refractivity contribution in [3.05, 3.63) is 29.8 Å². The molecule has 1 aromatic carbocycles. The molecule has 0 spiro atoms. The van der Waals surface area contributed by atoms with Crippen LogP contribution in [0, 0.1) is 0 Å². The summed E-state index contributed by atoms with van der Waals surface area (Å²) in [5.41, 5.74) is -0.887. The summed E-state index contributed by atoms with van der Waals surface area (Å²) in [6.45, 7) is 3.31. The van der Waals surface area contributed by atoms with Crippen LogP contribution in [0.15, 0.2) is 24.3 Å². The van der Waals surface area contributed by atoms with E-state index in [9.17, 15) is 15.0 Å². The summed E-state index contributed by atoms with van der Waals surface area (Å²) in [6, 6.07) is 6.43. The monoisotopic (exact) mass is 224 g/mol. The minimum absolute atomic E-state index is 0.108. The molecule has 0 heterocycles. The molecule has 1 atom stereocenters. The lowest BCUT2D eigenvalue weighted by atomic mass is 9.96. The third-order valence-corrected chi connectivity index (χ3v) is 2.17. The maximum absolute atomic E-state index is 11.4. The van der Waals surface area contributed by atoms with E-state index in [-0.39, 0.29) is 18.8 Å². The number of aromatic hydroxyl groups is 1. The number of rotatable bonds is 4. The summed E-state index contributed by atoms with van der Waals surface area (Å²) in [5.74, 6) is -0.546. The highest BCUT2D eigenvalue weighted by atomic mass is 16.5. The van der Waals surface area contributed by atoms with Crippen molar-refractivity contribution in [3.63, 3.8) is 0 Å². The van der Waals surface area contributed by atoms with Crippen LogP contribution in [0.3, 0.4) is 0 Å². The zero-order valence-corrected chi connectivity index (χ0v) is 9.43. The largest absolute Gasteiger partial charge is 0.508 e. The number of phenolic OH excluding ortho intramolecular Hbond substituents is 1. The van der Waals surface area contributed by atoms with Crippen molar-refractivity contribution >= 4 is 5.97 Å². The number of ether oxygens (including phenoxy) is 1. The van der Waals surface area contributed by atoms with Gasteiger partial charge in [0.05, 0.1) is 6.61 Å². The first kappa shape index (κ1) is 12.5. The molecule has 0 aliphatic carbocycles. The third-order valence-electron chi connectivity index (χ3n) is 2.17. The highest BCUT2D eigenvalue weighted by Crippen LogP contribution is 2.18. The predicted molar refractivity (Wildman–Crippen MR) is 59.1 cm³/mol. The topological polar surface area (TPSA) is 66.8 Å². The summed E-state index contributed by atoms with van der Waals surface area (Å²) in [6.07, 6.45) is 0.111. The first-order valence-electron chi connectivity index (χ1n) is 5.13. The predicted octanol–water partition coefficient (Wildman–Crippen LogP) is 1.25. The molecular formula is C12H16O4. The Kier molecular flexibility index (Phi) is 3.90. The van der Waals surface area contributed by atoms with Gasteiger partial charge in [-0.25, -0.2) is 4.79 Å². The number of phenols is 1. The molecule has 0 saturated carbocycles. The van der Waals surface area contributed by atoms with Gasteiger partial charge in [0.1, 0.15) is 5.75 Å². The number of hydrogen-bond acceptors (Lipinski definition) is 4. The first-order chi connectivity index (χ1) is 7.45. The second-order valence-electron chi connectivity index (χ2n) is 3.84. The van der Waals surface area contributed by atoms with Crippen LogP contribution in [0.2, 0.25) is 0 Å². The fraction of sp³-hybridized carbons (Fsp3) is 0.417. The summed E-state index contributed by atoms with van der Waals surface area (Å²) in [5, 5.41) is 19.2. The molecule has 0 radical (unpaired) electrons. The molecule has 0 bridgehead atoms. The fourth-order valence-corrected chi connectivity index (χ4v) is 1.42. The average Bonchev–Trinajstić information content (AvgIpc) is 2.17.